The standard InChI is InChI=1S/C25H34N6O2/c1-24(2)11-19(12-25(3,15-24)16-26-17-32)27-23(33)28-22-20-9-10-31(14-21(20)29-30-22)13-18-7-5-4-6-8-18/h4-8,19H,9-16H2,1-3H3,(H3,27,28,29,30,33). The SMILES string of the molecule is CC1(C)CC(NC(=O)Nc2n[nH]c3c2CCN(Cc2ccccc2)C3)CC(C)(CN=C=O)C1. The zero-order valence-electron chi connectivity index (χ0n) is 19.8. The number of urea groups is 1. The van der Waals surface area contributed by atoms with E-state index in [4.69, 9.17) is 0 Å². The van der Waals surface area contributed by atoms with Gasteiger partial charge in [0.05, 0.1) is 12.2 Å². The van der Waals surface area contributed by atoms with Crippen molar-refractivity contribution in [3.8, 4) is 0 Å². The number of benzene rings is 1. The lowest BCUT2D eigenvalue weighted by atomic mass is 9.62. The maximum atomic E-state index is 12.8. The highest BCUT2D eigenvalue weighted by atomic mass is 16.2. The molecule has 0 saturated heterocycles. The molecular formula is C25H34N6O2. The summed E-state index contributed by atoms with van der Waals surface area (Å²) in [6, 6.07) is 10.2. The first-order chi connectivity index (χ1) is 15.8. The number of carbonyl (C=O) groups excluding carboxylic acids is 2. The quantitative estimate of drug-likeness (QED) is 0.457. The number of carbonyl (C=O) groups is 1. The van der Waals surface area contributed by atoms with Gasteiger partial charge in [0.25, 0.3) is 0 Å². The van der Waals surface area contributed by atoms with Gasteiger partial charge in [-0.1, -0.05) is 51.1 Å². The fourth-order valence-corrected chi connectivity index (χ4v) is 5.86. The molecule has 2 amide bonds. The van der Waals surface area contributed by atoms with Crippen LogP contribution in [-0.4, -0.2) is 46.3 Å². The second-order valence-corrected chi connectivity index (χ2v) is 10.7. The van der Waals surface area contributed by atoms with Crippen LogP contribution in [0.1, 0.15) is 56.9 Å². The number of aromatic amines is 1. The summed E-state index contributed by atoms with van der Waals surface area (Å²) in [5, 5.41) is 13.6. The van der Waals surface area contributed by atoms with Crippen molar-refractivity contribution in [1.29, 1.82) is 0 Å². The summed E-state index contributed by atoms with van der Waals surface area (Å²) in [6.07, 6.45) is 5.12. The summed E-state index contributed by atoms with van der Waals surface area (Å²) in [5.41, 5.74) is 3.36. The van der Waals surface area contributed by atoms with Crippen molar-refractivity contribution >= 4 is 17.9 Å². The summed E-state index contributed by atoms with van der Waals surface area (Å²) < 4.78 is 0. The summed E-state index contributed by atoms with van der Waals surface area (Å²) in [7, 11) is 0. The highest BCUT2D eigenvalue weighted by Crippen LogP contribution is 2.46. The number of hydrogen-bond acceptors (Lipinski definition) is 5. The topological polar surface area (TPSA) is 102 Å². The number of anilines is 1. The number of aromatic nitrogens is 2. The minimum absolute atomic E-state index is 0.0109. The monoisotopic (exact) mass is 450 g/mol. The average Bonchev–Trinajstić information content (AvgIpc) is 3.13. The zero-order valence-corrected chi connectivity index (χ0v) is 19.8. The van der Waals surface area contributed by atoms with Gasteiger partial charge in [0.2, 0.25) is 6.08 Å². The highest BCUT2D eigenvalue weighted by molar-refractivity contribution is 5.89. The largest absolute Gasteiger partial charge is 0.335 e. The van der Waals surface area contributed by atoms with E-state index in [1.54, 1.807) is 6.08 Å². The Balaban J connectivity index is 1.35. The molecule has 2 atom stereocenters. The summed E-state index contributed by atoms with van der Waals surface area (Å²) in [4.78, 5) is 29.7. The van der Waals surface area contributed by atoms with Gasteiger partial charge < -0.3 is 5.32 Å². The molecule has 3 N–H and O–H groups in total. The van der Waals surface area contributed by atoms with Crippen molar-refractivity contribution < 1.29 is 9.59 Å². The molecule has 0 spiro atoms. The van der Waals surface area contributed by atoms with Gasteiger partial charge in [0.1, 0.15) is 0 Å². The van der Waals surface area contributed by atoms with Crippen LogP contribution in [-0.2, 0) is 24.3 Å². The Labute approximate surface area is 195 Å². The van der Waals surface area contributed by atoms with Crippen molar-refractivity contribution in [2.75, 3.05) is 18.4 Å². The van der Waals surface area contributed by atoms with E-state index >= 15 is 0 Å². The van der Waals surface area contributed by atoms with Gasteiger partial charge in [-0.05, 0) is 42.1 Å². The molecule has 8 heteroatoms. The third-order valence-electron chi connectivity index (χ3n) is 6.80. The van der Waals surface area contributed by atoms with Crippen LogP contribution in [0.25, 0.3) is 0 Å². The molecule has 2 heterocycles. The van der Waals surface area contributed by atoms with Crippen LogP contribution in [0.2, 0.25) is 0 Å². The van der Waals surface area contributed by atoms with Crippen molar-refractivity contribution in [2.45, 2.75) is 65.6 Å². The van der Waals surface area contributed by atoms with Crippen molar-refractivity contribution in [2.24, 2.45) is 15.8 Å². The lowest BCUT2D eigenvalue weighted by molar-refractivity contribution is 0.0815. The summed E-state index contributed by atoms with van der Waals surface area (Å²) in [5.74, 6) is 0.616. The summed E-state index contributed by atoms with van der Waals surface area (Å²) >= 11 is 0. The molecule has 2 unspecified atom stereocenters. The smallest absolute Gasteiger partial charge is 0.320 e. The fraction of sp³-hybridized carbons (Fsp3) is 0.560. The maximum Gasteiger partial charge on any atom is 0.320 e. The minimum Gasteiger partial charge on any atom is -0.335 e. The fourth-order valence-electron chi connectivity index (χ4n) is 5.86. The number of aliphatic imine (C=N–C) groups is 1. The molecule has 1 saturated carbocycles. The van der Waals surface area contributed by atoms with Crippen LogP contribution in [0.4, 0.5) is 10.6 Å². The normalized spacial score (nSPS) is 24.4. The molecule has 1 aliphatic heterocycles. The predicted octanol–water partition coefficient (Wildman–Crippen LogP) is 4.01. The van der Waals surface area contributed by atoms with E-state index in [1.807, 2.05) is 6.07 Å². The van der Waals surface area contributed by atoms with E-state index in [0.29, 0.717) is 12.4 Å². The van der Waals surface area contributed by atoms with Crippen LogP contribution < -0.4 is 10.6 Å². The van der Waals surface area contributed by atoms with E-state index in [-0.39, 0.29) is 22.9 Å². The molecule has 0 radical (unpaired) electrons. The van der Waals surface area contributed by atoms with Crippen molar-refractivity contribution in [3.05, 3.63) is 47.2 Å². The van der Waals surface area contributed by atoms with Crippen LogP contribution in [0.3, 0.4) is 0 Å². The second kappa shape index (κ2) is 9.49. The number of rotatable bonds is 6. The molecule has 4 rings (SSSR count). The first kappa shape index (κ1) is 23.2. The van der Waals surface area contributed by atoms with Crippen LogP contribution in [0, 0.1) is 10.8 Å². The van der Waals surface area contributed by atoms with Crippen LogP contribution in [0.15, 0.2) is 35.3 Å². The van der Waals surface area contributed by atoms with E-state index in [0.717, 1.165) is 56.6 Å². The molecule has 1 aromatic heterocycles. The Hall–Kier alpha value is -2.96. The third-order valence-corrected chi connectivity index (χ3v) is 6.80. The number of nitrogens with zero attached hydrogens (tertiary/aromatic N) is 3. The number of fused-ring (bicyclic) bond motifs is 1. The van der Waals surface area contributed by atoms with Crippen LogP contribution in [0.5, 0.6) is 0 Å². The molecular weight excluding hydrogens is 416 g/mol. The van der Waals surface area contributed by atoms with E-state index in [1.165, 1.54) is 5.56 Å². The van der Waals surface area contributed by atoms with Crippen molar-refractivity contribution in [3.63, 3.8) is 0 Å². The van der Waals surface area contributed by atoms with Gasteiger partial charge in [0.15, 0.2) is 5.82 Å². The van der Waals surface area contributed by atoms with Gasteiger partial charge in [-0.15, -0.1) is 0 Å². The van der Waals surface area contributed by atoms with Gasteiger partial charge in [-0.3, -0.25) is 15.3 Å². The molecule has 0 bridgehead atoms. The van der Waals surface area contributed by atoms with Crippen molar-refractivity contribution in [1.82, 2.24) is 20.4 Å². The Morgan fingerprint density at radius 1 is 1.27 bits per heavy atom. The average molecular weight is 451 g/mol. The van der Waals surface area contributed by atoms with Gasteiger partial charge >= 0.3 is 6.03 Å². The molecule has 1 fully saturated rings. The van der Waals surface area contributed by atoms with Gasteiger partial charge in [0, 0.05) is 31.2 Å². The first-order valence-electron chi connectivity index (χ1n) is 11.7. The molecule has 2 aliphatic rings. The molecule has 1 aromatic carbocycles. The third kappa shape index (κ3) is 5.89. The first-order valence-corrected chi connectivity index (χ1v) is 11.7. The number of hydrogen-bond donors (Lipinski definition) is 3. The lowest BCUT2D eigenvalue weighted by Crippen LogP contribution is -2.49. The zero-order chi connectivity index (χ0) is 23.5. The van der Waals surface area contributed by atoms with Gasteiger partial charge in [-0.2, -0.15) is 5.10 Å². The number of amides is 2. The highest BCUT2D eigenvalue weighted by Gasteiger charge is 2.41. The molecule has 33 heavy (non-hydrogen) atoms. The number of H-pyrrole nitrogens is 1. The van der Waals surface area contributed by atoms with E-state index in [9.17, 15) is 9.59 Å². The van der Waals surface area contributed by atoms with Gasteiger partial charge in [-0.25, -0.2) is 14.6 Å². The molecule has 2 aromatic rings. The molecule has 176 valence electrons. The van der Waals surface area contributed by atoms with E-state index in [2.05, 4.69) is 75.8 Å². The minimum atomic E-state index is -0.236. The molecule has 8 nitrogen and oxygen atoms in total. The molecule has 1 aliphatic carbocycles. The Morgan fingerprint density at radius 2 is 2.06 bits per heavy atom. The predicted molar refractivity (Wildman–Crippen MR) is 128 cm³/mol. The Kier molecular flexibility index (Phi) is 6.68. The Morgan fingerprint density at radius 3 is 2.82 bits per heavy atom. The van der Waals surface area contributed by atoms with Crippen LogP contribution >= 0.6 is 0 Å². The second-order valence-electron chi connectivity index (χ2n) is 10.7. The number of nitrogens with one attached hydrogen (secondary N) is 3. The lowest BCUT2D eigenvalue weighted by Gasteiger charge is -2.46. The number of isocyanates is 1. The Bertz CT molecular complexity index is 1030. The van der Waals surface area contributed by atoms with E-state index < -0.39 is 0 Å². The summed E-state index contributed by atoms with van der Waals surface area (Å²) in [6.45, 7) is 9.57. The maximum absolute atomic E-state index is 12.8.